The van der Waals surface area contributed by atoms with Gasteiger partial charge in [0.05, 0.1) is 11.7 Å². The highest BCUT2D eigenvalue weighted by Gasteiger charge is 2.15. The summed E-state index contributed by atoms with van der Waals surface area (Å²) in [5, 5.41) is 8.57. The standard InChI is InChI=1S/C14H19N3O/c1-10-5-4-6-13(8-7-11(10)2)17-15-12(3)14(9-18)16-17/h4,6,9,13H,5,7-8H2,1-3H3/b6-4-,11-10-. The Balaban J connectivity index is 2.21. The van der Waals surface area contributed by atoms with E-state index in [9.17, 15) is 4.79 Å². The molecule has 1 atom stereocenters. The number of hydrogen-bond acceptors (Lipinski definition) is 3. The van der Waals surface area contributed by atoms with E-state index in [1.165, 1.54) is 11.1 Å². The van der Waals surface area contributed by atoms with Crippen LogP contribution in [0.25, 0.3) is 0 Å². The van der Waals surface area contributed by atoms with Crippen LogP contribution in [-0.2, 0) is 0 Å². The maximum absolute atomic E-state index is 10.8. The number of nitrogens with zero attached hydrogens (tertiary/aromatic N) is 3. The van der Waals surface area contributed by atoms with Gasteiger partial charge in [0.15, 0.2) is 6.29 Å². The van der Waals surface area contributed by atoms with Crippen LogP contribution in [-0.4, -0.2) is 21.3 Å². The number of aryl methyl sites for hydroxylation is 1. The Bertz CT molecular complexity index is 511. The summed E-state index contributed by atoms with van der Waals surface area (Å²) in [6.45, 7) is 6.18. The summed E-state index contributed by atoms with van der Waals surface area (Å²) in [6, 6.07) is 0.153. The van der Waals surface area contributed by atoms with Gasteiger partial charge in [0.25, 0.3) is 0 Å². The van der Waals surface area contributed by atoms with Crippen molar-refractivity contribution in [3.63, 3.8) is 0 Å². The Morgan fingerprint density at radius 2 is 2.06 bits per heavy atom. The molecule has 96 valence electrons. The molecule has 0 spiro atoms. The summed E-state index contributed by atoms with van der Waals surface area (Å²) < 4.78 is 0. The van der Waals surface area contributed by atoms with E-state index in [0.717, 1.165) is 25.5 Å². The first-order valence-electron chi connectivity index (χ1n) is 6.32. The summed E-state index contributed by atoms with van der Waals surface area (Å²) >= 11 is 0. The predicted octanol–water partition coefficient (Wildman–Crippen LogP) is 3.02. The minimum absolute atomic E-state index is 0.153. The smallest absolute Gasteiger partial charge is 0.172 e. The number of aromatic nitrogens is 3. The molecule has 0 bridgehead atoms. The molecule has 18 heavy (non-hydrogen) atoms. The lowest BCUT2D eigenvalue weighted by Gasteiger charge is -2.16. The summed E-state index contributed by atoms with van der Waals surface area (Å²) in [5.41, 5.74) is 4.03. The molecule has 4 heteroatoms. The molecule has 4 nitrogen and oxygen atoms in total. The van der Waals surface area contributed by atoms with Crippen molar-refractivity contribution in [1.29, 1.82) is 0 Å². The quantitative estimate of drug-likeness (QED) is 0.594. The van der Waals surface area contributed by atoms with E-state index in [2.05, 4.69) is 36.2 Å². The first kappa shape index (κ1) is 12.7. The van der Waals surface area contributed by atoms with Crippen LogP contribution in [0.2, 0.25) is 0 Å². The number of aldehydes is 1. The molecule has 0 N–H and O–H groups in total. The molecular formula is C14H19N3O. The third-order valence-electron chi connectivity index (χ3n) is 3.57. The van der Waals surface area contributed by atoms with Crippen LogP contribution in [0.5, 0.6) is 0 Å². The van der Waals surface area contributed by atoms with Gasteiger partial charge in [0, 0.05) is 0 Å². The maximum Gasteiger partial charge on any atom is 0.172 e. The molecular weight excluding hydrogens is 226 g/mol. The molecule has 0 saturated heterocycles. The first-order valence-corrected chi connectivity index (χ1v) is 6.32. The molecule has 1 aromatic heterocycles. The monoisotopic (exact) mass is 245 g/mol. The lowest BCUT2D eigenvalue weighted by molar-refractivity contribution is 0.111. The SMILES string of the molecule is C/C1=C(\C)CCC(n2nc(C)c(C=O)n2)/C=C\C1. The molecule has 0 aromatic carbocycles. The van der Waals surface area contributed by atoms with E-state index >= 15 is 0 Å². The van der Waals surface area contributed by atoms with Gasteiger partial charge >= 0.3 is 0 Å². The van der Waals surface area contributed by atoms with Crippen LogP contribution in [0.4, 0.5) is 0 Å². The molecule has 1 aromatic rings. The lowest BCUT2D eigenvalue weighted by atomic mass is 9.97. The number of rotatable bonds is 2. The van der Waals surface area contributed by atoms with Gasteiger partial charge in [-0.3, -0.25) is 4.79 Å². The van der Waals surface area contributed by atoms with E-state index < -0.39 is 0 Å². The van der Waals surface area contributed by atoms with Gasteiger partial charge in [-0.15, -0.1) is 5.10 Å². The normalized spacial score (nSPS) is 26.5. The zero-order chi connectivity index (χ0) is 13.1. The van der Waals surface area contributed by atoms with Crippen LogP contribution in [0.3, 0.4) is 0 Å². The highest BCUT2D eigenvalue weighted by Crippen LogP contribution is 2.24. The van der Waals surface area contributed by atoms with Crippen LogP contribution >= 0.6 is 0 Å². The average molecular weight is 245 g/mol. The predicted molar refractivity (Wildman–Crippen MR) is 70.5 cm³/mol. The summed E-state index contributed by atoms with van der Waals surface area (Å²) in [4.78, 5) is 12.5. The zero-order valence-electron chi connectivity index (χ0n) is 11.2. The molecule has 1 heterocycles. The Labute approximate surface area is 107 Å². The fraction of sp³-hybridized carbons (Fsp3) is 0.500. The van der Waals surface area contributed by atoms with Crippen molar-refractivity contribution in [3.05, 3.63) is 34.7 Å². The molecule has 0 radical (unpaired) electrons. The molecule has 1 aliphatic carbocycles. The fourth-order valence-electron chi connectivity index (χ4n) is 2.11. The highest BCUT2D eigenvalue weighted by molar-refractivity contribution is 5.72. The van der Waals surface area contributed by atoms with E-state index in [4.69, 9.17) is 0 Å². The minimum atomic E-state index is 0.153. The fourth-order valence-corrected chi connectivity index (χ4v) is 2.11. The Morgan fingerprint density at radius 3 is 2.72 bits per heavy atom. The molecule has 2 rings (SSSR count). The van der Waals surface area contributed by atoms with E-state index in [1.807, 2.05) is 6.92 Å². The molecule has 0 fully saturated rings. The second-order valence-electron chi connectivity index (χ2n) is 4.91. The van der Waals surface area contributed by atoms with E-state index in [-0.39, 0.29) is 6.04 Å². The molecule has 1 unspecified atom stereocenters. The van der Waals surface area contributed by atoms with E-state index in [0.29, 0.717) is 11.4 Å². The van der Waals surface area contributed by atoms with Crippen LogP contribution in [0.1, 0.15) is 55.3 Å². The highest BCUT2D eigenvalue weighted by atomic mass is 16.1. The summed E-state index contributed by atoms with van der Waals surface area (Å²) in [5.74, 6) is 0. The molecule has 0 aliphatic heterocycles. The lowest BCUT2D eigenvalue weighted by Crippen LogP contribution is -2.12. The van der Waals surface area contributed by atoms with Crippen molar-refractivity contribution in [2.75, 3.05) is 0 Å². The van der Waals surface area contributed by atoms with Crippen LogP contribution in [0.15, 0.2) is 23.3 Å². The maximum atomic E-state index is 10.8. The topological polar surface area (TPSA) is 47.8 Å². The van der Waals surface area contributed by atoms with Gasteiger partial charge < -0.3 is 0 Å². The molecule has 0 amide bonds. The third kappa shape index (κ3) is 2.58. The van der Waals surface area contributed by atoms with Crippen molar-refractivity contribution in [1.82, 2.24) is 15.0 Å². The minimum Gasteiger partial charge on any atom is -0.296 e. The van der Waals surface area contributed by atoms with Gasteiger partial charge in [0.1, 0.15) is 5.69 Å². The van der Waals surface area contributed by atoms with Gasteiger partial charge in [-0.25, -0.2) is 0 Å². The second kappa shape index (κ2) is 5.29. The molecule has 1 aliphatic rings. The number of allylic oxidation sites excluding steroid dienone is 4. The third-order valence-corrected chi connectivity index (χ3v) is 3.57. The van der Waals surface area contributed by atoms with Gasteiger partial charge in [-0.05, 0) is 40.0 Å². The van der Waals surface area contributed by atoms with E-state index in [1.54, 1.807) is 4.80 Å². The first-order chi connectivity index (χ1) is 8.61. The molecule has 0 saturated carbocycles. The summed E-state index contributed by atoms with van der Waals surface area (Å²) in [7, 11) is 0. The zero-order valence-corrected chi connectivity index (χ0v) is 11.2. The summed E-state index contributed by atoms with van der Waals surface area (Å²) in [6.07, 6.45) is 8.10. The Hall–Kier alpha value is -1.71. The number of hydrogen-bond donors (Lipinski definition) is 0. The van der Waals surface area contributed by atoms with Crippen molar-refractivity contribution < 1.29 is 4.79 Å². The average Bonchev–Trinajstić information content (AvgIpc) is 2.72. The Morgan fingerprint density at radius 1 is 1.28 bits per heavy atom. The van der Waals surface area contributed by atoms with Crippen LogP contribution in [0, 0.1) is 6.92 Å². The van der Waals surface area contributed by atoms with Crippen molar-refractivity contribution >= 4 is 6.29 Å². The van der Waals surface area contributed by atoms with Crippen molar-refractivity contribution in [2.24, 2.45) is 0 Å². The van der Waals surface area contributed by atoms with Gasteiger partial charge in [0.2, 0.25) is 0 Å². The second-order valence-corrected chi connectivity index (χ2v) is 4.91. The van der Waals surface area contributed by atoms with Crippen molar-refractivity contribution in [2.45, 2.75) is 46.1 Å². The largest absolute Gasteiger partial charge is 0.296 e. The Kier molecular flexibility index (Phi) is 3.75. The van der Waals surface area contributed by atoms with Gasteiger partial charge in [-0.2, -0.15) is 9.90 Å². The van der Waals surface area contributed by atoms with Crippen LogP contribution < -0.4 is 0 Å². The van der Waals surface area contributed by atoms with Gasteiger partial charge in [-0.1, -0.05) is 23.3 Å². The van der Waals surface area contributed by atoms with Crippen molar-refractivity contribution in [3.8, 4) is 0 Å². The number of carbonyl (C=O) groups is 1. The number of carbonyl (C=O) groups excluding carboxylic acids is 1.